The minimum Gasteiger partial charge on any atom is -0.354 e. The maximum absolute atomic E-state index is 4.97. The van der Waals surface area contributed by atoms with Crippen molar-refractivity contribution in [1.82, 2.24) is 14.9 Å². The maximum atomic E-state index is 4.97. The molecule has 3 aromatic rings. The largest absolute Gasteiger partial charge is 0.354 e. The number of hydrogen-bond donors (Lipinski definition) is 1. The third-order valence-electron chi connectivity index (χ3n) is 6.45. The summed E-state index contributed by atoms with van der Waals surface area (Å²) in [5.74, 6) is 1.80. The number of likely N-dealkylation sites (tertiary alicyclic amines) is 1. The molecule has 29 heavy (non-hydrogen) atoms. The molecule has 1 aromatic heterocycles. The number of aromatic nitrogens is 2. The molecule has 5 rings (SSSR count). The molecule has 1 N–H and O–H groups in total. The minimum atomic E-state index is 0.682. The van der Waals surface area contributed by atoms with Crippen LogP contribution in [0.3, 0.4) is 0 Å². The van der Waals surface area contributed by atoms with E-state index in [2.05, 4.69) is 70.7 Å². The fraction of sp³-hybridized carbons (Fsp3) is 0.417. The molecule has 0 aliphatic carbocycles. The van der Waals surface area contributed by atoms with Crippen LogP contribution < -0.4 is 10.2 Å². The monoisotopic (exact) mass is 387 g/mol. The predicted molar refractivity (Wildman–Crippen MR) is 119 cm³/mol. The van der Waals surface area contributed by atoms with Crippen LogP contribution in [0.4, 0.5) is 11.8 Å². The van der Waals surface area contributed by atoms with Crippen molar-refractivity contribution in [2.24, 2.45) is 0 Å². The highest BCUT2D eigenvalue weighted by atomic mass is 15.2. The standard InChI is InChI=1S/C24H29N5/c1-28-15-6-9-20(28)12-14-25-24-26-22-11-5-4-10-21(22)23(27-24)29-16-13-18-7-2-3-8-19(18)17-29/h2-5,7-8,10-11,20H,6,9,12-17H2,1H3,(H,25,26,27). The lowest BCUT2D eigenvalue weighted by atomic mass is 10.00. The molecule has 0 bridgehead atoms. The Morgan fingerprint density at radius 2 is 1.83 bits per heavy atom. The second-order valence-electron chi connectivity index (χ2n) is 8.32. The summed E-state index contributed by atoms with van der Waals surface area (Å²) in [7, 11) is 2.23. The molecule has 3 heterocycles. The Balaban J connectivity index is 1.39. The Hall–Kier alpha value is -2.66. The van der Waals surface area contributed by atoms with Crippen LogP contribution in [0.1, 0.15) is 30.4 Å². The smallest absolute Gasteiger partial charge is 0.225 e. The van der Waals surface area contributed by atoms with Crippen molar-refractivity contribution in [3.05, 3.63) is 59.7 Å². The Labute approximate surface area is 172 Å². The van der Waals surface area contributed by atoms with Crippen LogP contribution in [0.25, 0.3) is 10.9 Å². The van der Waals surface area contributed by atoms with E-state index in [4.69, 9.17) is 9.97 Å². The number of rotatable bonds is 5. The zero-order valence-electron chi connectivity index (χ0n) is 17.1. The number of fused-ring (bicyclic) bond motifs is 2. The predicted octanol–water partition coefficient (Wildman–Crippen LogP) is 4.09. The average molecular weight is 388 g/mol. The lowest BCUT2D eigenvalue weighted by Gasteiger charge is -2.30. The molecule has 1 saturated heterocycles. The normalized spacial score (nSPS) is 19.5. The summed E-state index contributed by atoms with van der Waals surface area (Å²) in [6.45, 7) is 4.03. The second kappa shape index (κ2) is 7.99. The van der Waals surface area contributed by atoms with Gasteiger partial charge in [-0.15, -0.1) is 0 Å². The fourth-order valence-corrected chi connectivity index (χ4v) is 4.75. The van der Waals surface area contributed by atoms with E-state index >= 15 is 0 Å². The highest BCUT2D eigenvalue weighted by Crippen LogP contribution is 2.30. The summed E-state index contributed by atoms with van der Waals surface area (Å²) in [4.78, 5) is 14.6. The van der Waals surface area contributed by atoms with Gasteiger partial charge in [-0.3, -0.25) is 0 Å². The van der Waals surface area contributed by atoms with Gasteiger partial charge in [0.25, 0.3) is 0 Å². The van der Waals surface area contributed by atoms with Crippen molar-refractivity contribution in [1.29, 1.82) is 0 Å². The van der Waals surface area contributed by atoms with Crippen molar-refractivity contribution >= 4 is 22.7 Å². The van der Waals surface area contributed by atoms with Crippen LogP contribution in [-0.2, 0) is 13.0 Å². The van der Waals surface area contributed by atoms with Gasteiger partial charge in [0.2, 0.25) is 5.95 Å². The van der Waals surface area contributed by atoms with Gasteiger partial charge in [0.1, 0.15) is 5.82 Å². The lowest BCUT2D eigenvalue weighted by Crippen LogP contribution is -2.31. The SMILES string of the molecule is CN1CCCC1CCNc1nc(N2CCc3ccccc3C2)c2ccccc2n1. The molecule has 1 fully saturated rings. The highest BCUT2D eigenvalue weighted by Gasteiger charge is 2.22. The molecule has 5 heteroatoms. The van der Waals surface area contributed by atoms with Crippen LogP contribution >= 0.6 is 0 Å². The van der Waals surface area contributed by atoms with E-state index in [0.717, 1.165) is 55.1 Å². The van der Waals surface area contributed by atoms with Gasteiger partial charge >= 0.3 is 0 Å². The molecule has 1 atom stereocenters. The van der Waals surface area contributed by atoms with Gasteiger partial charge in [-0.25, -0.2) is 4.98 Å². The van der Waals surface area contributed by atoms with E-state index in [0.29, 0.717) is 6.04 Å². The molecule has 1 unspecified atom stereocenters. The Bertz CT molecular complexity index is 1000. The van der Waals surface area contributed by atoms with Crippen LogP contribution in [0.15, 0.2) is 48.5 Å². The minimum absolute atomic E-state index is 0.682. The quantitative estimate of drug-likeness (QED) is 0.714. The summed E-state index contributed by atoms with van der Waals surface area (Å²) < 4.78 is 0. The molecule has 150 valence electrons. The summed E-state index contributed by atoms with van der Waals surface area (Å²) in [6, 6.07) is 17.8. The zero-order chi connectivity index (χ0) is 19.6. The first-order chi connectivity index (χ1) is 14.3. The first-order valence-corrected chi connectivity index (χ1v) is 10.8. The maximum Gasteiger partial charge on any atom is 0.225 e. The number of nitrogens with zero attached hydrogens (tertiary/aromatic N) is 4. The van der Waals surface area contributed by atoms with Crippen LogP contribution in [0.5, 0.6) is 0 Å². The molecular weight excluding hydrogens is 358 g/mol. The fourth-order valence-electron chi connectivity index (χ4n) is 4.75. The number of anilines is 2. The molecule has 2 aromatic carbocycles. The highest BCUT2D eigenvalue weighted by molar-refractivity contribution is 5.90. The van der Waals surface area contributed by atoms with E-state index in [1.54, 1.807) is 0 Å². The second-order valence-corrected chi connectivity index (χ2v) is 8.32. The first kappa shape index (κ1) is 18.4. The Morgan fingerprint density at radius 3 is 2.69 bits per heavy atom. The average Bonchev–Trinajstić information content (AvgIpc) is 3.17. The summed E-state index contributed by atoms with van der Waals surface area (Å²) >= 11 is 0. The number of benzene rings is 2. The van der Waals surface area contributed by atoms with Crippen molar-refractivity contribution in [2.75, 3.05) is 36.9 Å². The van der Waals surface area contributed by atoms with Crippen LogP contribution in [0.2, 0.25) is 0 Å². The van der Waals surface area contributed by atoms with Crippen molar-refractivity contribution in [3.63, 3.8) is 0 Å². The molecule has 0 amide bonds. The van der Waals surface area contributed by atoms with Gasteiger partial charge in [-0.2, -0.15) is 4.98 Å². The van der Waals surface area contributed by atoms with Crippen molar-refractivity contribution in [2.45, 2.75) is 38.3 Å². The van der Waals surface area contributed by atoms with Crippen molar-refractivity contribution < 1.29 is 0 Å². The first-order valence-electron chi connectivity index (χ1n) is 10.8. The van der Waals surface area contributed by atoms with Gasteiger partial charge in [0.05, 0.1) is 5.52 Å². The van der Waals surface area contributed by atoms with Gasteiger partial charge in [-0.1, -0.05) is 36.4 Å². The Morgan fingerprint density at radius 1 is 1.00 bits per heavy atom. The lowest BCUT2D eigenvalue weighted by molar-refractivity contribution is 0.301. The third kappa shape index (κ3) is 3.79. The number of nitrogens with one attached hydrogen (secondary N) is 1. The molecule has 5 nitrogen and oxygen atoms in total. The summed E-state index contributed by atoms with van der Waals surface area (Å²) in [5.41, 5.74) is 3.87. The van der Waals surface area contributed by atoms with Gasteiger partial charge < -0.3 is 15.1 Å². The van der Waals surface area contributed by atoms with Gasteiger partial charge in [0, 0.05) is 31.1 Å². The molecule has 0 spiro atoms. The molecule has 0 radical (unpaired) electrons. The number of para-hydroxylation sites is 1. The summed E-state index contributed by atoms with van der Waals surface area (Å²) in [5, 5.41) is 4.64. The Kier molecular flexibility index (Phi) is 5.06. The molecule has 0 saturated carbocycles. The van der Waals surface area contributed by atoms with E-state index in [9.17, 15) is 0 Å². The van der Waals surface area contributed by atoms with Gasteiger partial charge in [-0.05, 0) is 62.5 Å². The molecule has 2 aliphatic heterocycles. The topological polar surface area (TPSA) is 44.3 Å². The zero-order valence-corrected chi connectivity index (χ0v) is 17.1. The van der Waals surface area contributed by atoms with E-state index in [1.807, 2.05) is 0 Å². The van der Waals surface area contributed by atoms with Gasteiger partial charge in [0.15, 0.2) is 0 Å². The molecular formula is C24H29N5. The van der Waals surface area contributed by atoms with Crippen LogP contribution in [-0.4, -0.2) is 47.6 Å². The third-order valence-corrected chi connectivity index (χ3v) is 6.45. The van der Waals surface area contributed by atoms with E-state index in [-0.39, 0.29) is 0 Å². The van der Waals surface area contributed by atoms with E-state index in [1.165, 1.54) is 30.5 Å². The summed E-state index contributed by atoms with van der Waals surface area (Å²) in [6.07, 6.45) is 4.81. The van der Waals surface area contributed by atoms with E-state index < -0.39 is 0 Å². The van der Waals surface area contributed by atoms with Crippen LogP contribution in [0, 0.1) is 0 Å². The van der Waals surface area contributed by atoms with Crippen molar-refractivity contribution in [3.8, 4) is 0 Å². The number of hydrogen-bond acceptors (Lipinski definition) is 5. The molecule has 2 aliphatic rings.